The van der Waals surface area contributed by atoms with E-state index in [0.29, 0.717) is 17.2 Å². The van der Waals surface area contributed by atoms with Crippen molar-refractivity contribution in [1.29, 1.82) is 0 Å². The van der Waals surface area contributed by atoms with Crippen LogP contribution in [0.15, 0.2) is 10.5 Å². The zero-order valence-electron chi connectivity index (χ0n) is 10.4. The van der Waals surface area contributed by atoms with Crippen LogP contribution in [0.2, 0.25) is 0 Å². The average molecular weight is 237 g/mol. The molecule has 0 aliphatic carbocycles. The Kier molecular flexibility index (Phi) is 3.84. The second-order valence-electron chi connectivity index (χ2n) is 4.57. The first-order chi connectivity index (χ1) is 8.20. The Hall–Kier alpha value is -1.29. The smallest absolute Gasteiger partial charge is 0.341 e. The molecule has 0 amide bonds. The summed E-state index contributed by atoms with van der Waals surface area (Å²) in [5.41, 5.74) is 0.552. The van der Waals surface area contributed by atoms with Gasteiger partial charge in [0.1, 0.15) is 17.1 Å². The van der Waals surface area contributed by atoms with Gasteiger partial charge in [0.15, 0.2) is 0 Å². The van der Waals surface area contributed by atoms with Gasteiger partial charge in [-0.3, -0.25) is 0 Å². The van der Waals surface area contributed by atoms with Gasteiger partial charge in [0.05, 0.1) is 7.11 Å². The van der Waals surface area contributed by atoms with Gasteiger partial charge in [-0.2, -0.15) is 0 Å². The van der Waals surface area contributed by atoms with Crippen molar-refractivity contribution in [3.8, 4) is 0 Å². The average Bonchev–Trinajstić information content (AvgIpc) is 2.70. The summed E-state index contributed by atoms with van der Waals surface area (Å²) in [5, 5.41) is 3.34. The van der Waals surface area contributed by atoms with Gasteiger partial charge in [0.25, 0.3) is 0 Å². The number of hydrogen-bond donors (Lipinski definition) is 1. The number of rotatable bonds is 3. The maximum atomic E-state index is 11.4. The fourth-order valence-electron chi connectivity index (χ4n) is 2.33. The van der Waals surface area contributed by atoms with Gasteiger partial charge in [-0.25, -0.2) is 4.79 Å². The number of aryl methyl sites for hydroxylation is 1. The minimum atomic E-state index is -0.317. The molecule has 1 aromatic rings. The number of furan rings is 1. The molecule has 4 heteroatoms. The van der Waals surface area contributed by atoms with Crippen LogP contribution in [-0.4, -0.2) is 26.2 Å². The Morgan fingerprint density at radius 3 is 2.88 bits per heavy atom. The molecule has 0 bridgehead atoms. The largest absolute Gasteiger partial charge is 0.465 e. The molecule has 94 valence electrons. The van der Waals surface area contributed by atoms with Crippen molar-refractivity contribution in [2.75, 3.05) is 20.2 Å². The molecule has 1 aliphatic heterocycles. The molecule has 0 aromatic carbocycles. The van der Waals surface area contributed by atoms with Gasteiger partial charge in [-0.15, -0.1) is 0 Å². The molecule has 1 saturated heterocycles. The molecule has 0 radical (unpaired) electrons. The molecule has 0 saturated carbocycles. The standard InChI is InChI=1S/C13H19NO3/c1-9-12(13(15)16-2)8-11(17-9)7-10-3-5-14-6-4-10/h8,10,14H,3-7H2,1-2H3. The summed E-state index contributed by atoms with van der Waals surface area (Å²) in [6, 6.07) is 1.82. The van der Waals surface area contributed by atoms with Crippen LogP contribution in [-0.2, 0) is 11.2 Å². The van der Waals surface area contributed by atoms with E-state index in [1.807, 2.05) is 6.07 Å². The summed E-state index contributed by atoms with van der Waals surface area (Å²) in [4.78, 5) is 11.4. The molecule has 0 spiro atoms. The lowest BCUT2D eigenvalue weighted by Crippen LogP contribution is -2.28. The normalized spacial score (nSPS) is 17.1. The van der Waals surface area contributed by atoms with Gasteiger partial charge in [0.2, 0.25) is 0 Å². The predicted octanol–water partition coefficient (Wildman–Crippen LogP) is 1.92. The highest BCUT2D eigenvalue weighted by Crippen LogP contribution is 2.22. The van der Waals surface area contributed by atoms with Crippen molar-refractivity contribution in [2.24, 2.45) is 5.92 Å². The summed E-state index contributed by atoms with van der Waals surface area (Å²) in [6.45, 7) is 3.96. The zero-order chi connectivity index (χ0) is 12.3. The summed E-state index contributed by atoms with van der Waals surface area (Å²) < 4.78 is 10.3. The number of methoxy groups -OCH3 is 1. The molecule has 1 N–H and O–H groups in total. The van der Waals surface area contributed by atoms with Crippen molar-refractivity contribution in [1.82, 2.24) is 5.32 Å². The first-order valence-electron chi connectivity index (χ1n) is 6.09. The van der Waals surface area contributed by atoms with Gasteiger partial charge in [-0.1, -0.05) is 0 Å². The fourth-order valence-corrected chi connectivity index (χ4v) is 2.33. The SMILES string of the molecule is COC(=O)c1cc(CC2CCNCC2)oc1C. The van der Waals surface area contributed by atoms with Crippen molar-refractivity contribution in [3.63, 3.8) is 0 Å². The van der Waals surface area contributed by atoms with E-state index in [1.54, 1.807) is 6.92 Å². The fraction of sp³-hybridized carbons (Fsp3) is 0.615. The van der Waals surface area contributed by atoms with E-state index < -0.39 is 0 Å². The van der Waals surface area contributed by atoms with Gasteiger partial charge >= 0.3 is 5.97 Å². The lowest BCUT2D eigenvalue weighted by molar-refractivity contribution is 0.0599. The Bertz CT molecular complexity index is 391. The monoisotopic (exact) mass is 237 g/mol. The van der Waals surface area contributed by atoms with Crippen LogP contribution in [0.25, 0.3) is 0 Å². The lowest BCUT2D eigenvalue weighted by atomic mass is 9.93. The number of esters is 1. The Morgan fingerprint density at radius 2 is 2.24 bits per heavy atom. The van der Waals surface area contributed by atoms with E-state index in [-0.39, 0.29) is 5.97 Å². The molecule has 2 heterocycles. The minimum Gasteiger partial charge on any atom is -0.465 e. The third kappa shape index (κ3) is 2.88. The van der Waals surface area contributed by atoms with Crippen LogP contribution >= 0.6 is 0 Å². The number of hydrogen-bond acceptors (Lipinski definition) is 4. The van der Waals surface area contributed by atoms with Crippen molar-refractivity contribution < 1.29 is 13.9 Å². The third-order valence-electron chi connectivity index (χ3n) is 3.32. The van der Waals surface area contributed by atoms with Gasteiger partial charge in [-0.05, 0) is 44.8 Å². The number of piperidine rings is 1. The van der Waals surface area contributed by atoms with Crippen LogP contribution in [0.3, 0.4) is 0 Å². The minimum absolute atomic E-state index is 0.317. The maximum absolute atomic E-state index is 11.4. The molecular formula is C13H19NO3. The lowest BCUT2D eigenvalue weighted by Gasteiger charge is -2.21. The summed E-state index contributed by atoms with van der Waals surface area (Å²) in [6.07, 6.45) is 3.26. The van der Waals surface area contributed by atoms with Gasteiger partial charge in [0, 0.05) is 6.42 Å². The van der Waals surface area contributed by atoms with E-state index in [0.717, 1.165) is 25.3 Å². The Morgan fingerprint density at radius 1 is 1.53 bits per heavy atom. The number of carbonyl (C=O) groups excluding carboxylic acids is 1. The molecule has 1 aromatic heterocycles. The highest BCUT2D eigenvalue weighted by atomic mass is 16.5. The second kappa shape index (κ2) is 5.36. The summed E-state index contributed by atoms with van der Waals surface area (Å²) in [7, 11) is 1.39. The van der Waals surface area contributed by atoms with E-state index in [2.05, 4.69) is 5.32 Å². The van der Waals surface area contributed by atoms with E-state index in [4.69, 9.17) is 9.15 Å². The molecule has 2 rings (SSSR count). The Labute approximate surface area is 101 Å². The van der Waals surface area contributed by atoms with Crippen LogP contribution in [0, 0.1) is 12.8 Å². The quantitative estimate of drug-likeness (QED) is 0.816. The van der Waals surface area contributed by atoms with Crippen molar-refractivity contribution in [2.45, 2.75) is 26.2 Å². The van der Waals surface area contributed by atoms with E-state index >= 15 is 0 Å². The van der Waals surface area contributed by atoms with Crippen molar-refractivity contribution in [3.05, 3.63) is 23.2 Å². The highest BCUT2D eigenvalue weighted by molar-refractivity contribution is 5.90. The van der Waals surface area contributed by atoms with E-state index in [1.165, 1.54) is 20.0 Å². The van der Waals surface area contributed by atoms with Crippen molar-refractivity contribution >= 4 is 5.97 Å². The second-order valence-corrected chi connectivity index (χ2v) is 4.57. The third-order valence-corrected chi connectivity index (χ3v) is 3.32. The van der Waals surface area contributed by atoms with Crippen LogP contribution < -0.4 is 5.32 Å². The van der Waals surface area contributed by atoms with E-state index in [9.17, 15) is 4.79 Å². The number of nitrogens with one attached hydrogen (secondary N) is 1. The molecule has 1 aliphatic rings. The van der Waals surface area contributed by atoms with Gasteiger partial charge < -0.3 is 14.5 Å². The molecule has 0 atom stereocenters. The molecule has 17 heavy (non-hydrogen) atoms. The predicted molar refractivity (Wildman–Crippen MR) is 64.1 cm³/mol. The number of ether oxygens (including phenoxy) is 1. The first kappa shape index (κ1) is 12.2. The molecule has 0 unspecified atom stereocenters. The van der Waals surface area contributed by atoms with Crippen LogP contribution in [0.1, 0.15) is 34.7 Å². The highest BCUT2D eigenvalue weighted by Gasteiger charge is 2.19. The number of carbonyl (C=O) groups is 1. The first-order valence-corrected chi connectivity index (χ1v) is 6.09. The van der Waals surface area contributed by atoms with Crippen LogP contribution in [0.5, 0.6) is 0 Å². The topological polar surface area (TPSA) is 51.5 Å². The zero-order valence-corrected chi connectivity index (χ0v) is 10.4. The molecule has 1 fully saturated rings. The molecular weight excluding hydrogens is 218 g/mol. The van der Waals surface area contributed by atoms with Crippen LogP contribution in [0.4, 0.5) is 0 Å². The maximum Gasteiger partial charge on any atom is 0.341 e. The summed E-state index contributed by atoms with van der Waals surface area (Å²) >= 11 is 0. The summed E-state index contributed by atoms with van der Waals surface area (Å²) in [5.74, 6) is 1.89. The molecule has 4 nitrogen and oxygen atoms in total. The Balaban J connectivity index is 2.03.